The van der Waals surface area contributed by atoms with Crippen molar-refractivity contribution in [2.24, 2.45) is 11.7 Å². The van der Waals surface area contributed by atoms with Crippen LogP contribution in [0.25, 0.3) is 0 Å². The van der Waals surface area contributed by atoms with Gasteiger partial charge in [0.25, 0.3) is 0 Å². The molecule has 0 aliphatic rings. The summed E-state index contributed by atoms with van der Waals surface area (Å²) in [6, 6.07) is 0. The Morgan fingerprint density at radius 2 is 2.44 bits per heavy atom. The predicted octanol–water partition coefficient (Wildman–Crippen LogP) is 2.61. The molecule has 6 heteroatoms. The number of rotatable bonds is 6. The molecular weight excluding hydrogens is 290 g/mol. The third-order valence-electron chi connectivity index (χ3n) is 2.25. The van der Waals surface area contributed by atoms with Crippen molar-refractivity contribution < 1.29 is 4.79 Å². The summed E-state index contributed by atoms with van der Waals surface area (Å²) < 4.78 is 0.916. The number of amides is 1. The standard InChI is InChI=1S/C10H16BrN3OS/c1-7(4-5-12)2-3-9(15)14-10-13-6-8(11)16-10/h6-7H,2-5,12H2,1H3,(H,13,14,15). The summed E-state index contributed by atoms with van der Waals surface area (Å²) in [5.41, 5.74) is 5.45. The Morgan fingerprint density at radius 1 is 1.69 bits per heavy atom. The average Bonchev–Trinajstić information content (AvgIpc) is 2.61. The van der Waals surface area contributed by atoms with E-state index in [9.17, 15) is 4.79 Å². The van der Waals surface area contributed by atoms with Crippen LogP contribution < -0.4 is 11.1 Å². The first-order chi connectivity index (χ1) is 7.61. The van der Waals surface area contributed by atoms with Crippen LogP contribution in [0.1, 0.15) is 26.2 Å². The highest BCUT2D eigenvalue weighted by molar-refractivity contribution is 9.11. The number of nitrogens with zero attached hydrogens (tertiary/aromatic N) is 1. The zero-order chi connectivity index (χ0) is 12.0. The fourth-order valence-electron chi connectivity index (χ4n) is 1.30. The largest absolute Gasteiger partial charge is 0.330 e. The number of hydrogen-bond acceptors (Lipinski definition) is 4. The van der Waals surface area contributed by atoms with Crippen LogP contribution in [-0.2, 0) is 4.79 Å². The molecular formula is C10H16BrN3OS. The molecule has 0 aromatic carbocycles. The maximum atomic E-state index is 11.5. The second kappa shape index (κ2) is 6.98. The van der Waals surface area contributed by atoms with E-state index >= 15 is 0 Å². The van der Waals surface area contributed by atoms with Gasteiger partial charge in [0.1, 0.15) is 0 Å². The van der Waals surface area contributed by atoms with Gasteiger partial charge in [0.05, 0.1) is 9.98 Å². The highest BCUT2D eigenvalue weighted by Gasteiger charge is 2.08. The first-order valence-electron chi connectivity index (χ1n) is 5.23. The number of anilines is 1. The number of halogens is 1. The first-order valence-corrected chi connectivity index (χ1v) is 6.84. The summed E-state index contributed by atoms with van der Waals surface area (Å²) in [7, 11) is 0. The summed E-state index contributed by atoms with van der Waals surface area (Å²) in [5, 5.41) is 3.41. The molecule has 0 radical (unpaired) electrons. The van der Waals surface area contributed by atoms with E-state index in [0.717, 1.165) is 16.6 Å². The Bertz CT molecular complexity index is 343. The number of aromatic nitrogens is 1. The lowest BCUT2D eigenvalue weighted by Crippen LogP contribution is -2.13. The number of nitrogens with one attached hydrogen (secondary N) is 1. The van der Waals surface area contributed by atoms with Gasteiger partial charge in [0.15, 0.2) is 5.13 Å². The quantitative estimate of drug-likeness (QED) is 0.849. The van der Waals surface area contributed by atoms with Gasteiger partial charge in [-0.25, -0.2) is 4.98 Å². The molecule has 1 aromatic heterocycles. The molecule has 1 unspecified atom stereocenters. The minimum Gasteiger partial charge on any atom is -0.330 e. The predicted molar refractivity (Wildman–Crippen MR) is 70.5 cm³/mol. The second-order valence-electron chi connectivity index (χ2n) is 3.74. The minimum atomic E-state index is 0.0192. The lowest BCUT2D eigenvalue weighted by Gasteiger charge is -2.08. The summed E-state index contributed by atoms with van der Waals surface area (Å²) in [6.07, 6.45) is 4.04. The molecule has 0 aliphatic heterocycles. The van der Waals surface area contributed by atoms with Gasteiger partial charge in [0.2, 0.25) is 5.91 Å². The first kappa shape index (κ1) is 13.6. The van der Waals surface area contributed by atoms with Gasteiger partial charge in [-0.05, 0) is 41.2 Å². The summed E-state index contributed by atoms with van der Waals surface area (Å²) in [5.74, 6) is 0.518. The highest BCUT2D eigenvalue weighted by atomic mass is 79.9. The number of carbonyl (C=O) groups excluding carboxylic acids is 1. The third kappa shape index (κ3) is 5.05. The molecule has 16 heavy (non-hydrogen) atoms. The molecule has 0 saturated carbocycles. The molecule has 0 aliphatic carbocycles. The smallest absolute Gasteiger partial charge is 0.226 e. The van der Waals surface area contributed by atoms with Crippen molar-refractivity contribution in [2.75, 3.05) is 11.9 Å². The summed E-state index contributed by atoms with van der Waals surface area (Å²) in [6.45, 7) is 2.79. The van der Waals surface area contributed by atoms with E-state index in [0.29, 0.717) is 24.0 Å². The van der Waals surface area contributed by atoms with Crippen molar-refractivity contribution in [3.05, 3.63) is 9.98 Å². The monoisotopic (exact) mass is 305 g/mol. The van der Waals surface area contributed by atoms with Crippen LogP contribution in [-0.4, -0.2) is 17.4 Å². The number of carbonyl (C=O) groups is 1. The van der Waals surface area contributed by atoms with E-state index in [4.69, 9.17) is 5.73 Å². The lowest BCUT2D eigenvalue weighted by atomic mass is 10.0. The molecule has 0 fully saturated rings. The number of nitrogens with two attached hydrogens (primary N) is 1. The maximum Gasteiger partial charge on any atom is 0.226 e. The van der Waals surface area contributed by atoms with Crippen LogP contribution in [0.2, 0.25) is 0 Å². The van der Waals surface area contributed by atoms with Gasteiger partial charge in [-0.15, -0.1) is 0 Å². The normalized spacial score (nSPS) is 12.4. The molecule has 1 amide bonds. The Hall–Kier alpha value is -0.460. The Balaban J connectivity index is 2.26. The zero-order valence-electron chi connectivity index (χ0n) is 9.20. The maximum absolute atomic E-state index is 11.5. The highest BCUT2D eigenvalue weighted by Crippen LogP contribution is 2.23. The number of thiazole rings is 1. The van der Waals surface area contributed by atoms with E-state index in [1.54, 1.807) is 6.20 Å². The number of hydrogen-bond donors (Lipinski definition) is 2. The van der Waals surface area contributed by atoms with Crippen LogP contribution in [0.5, 0.6) is 0 Å². The molecule has 0 spiro atoms. The van der Waals surface area contributed by atoms with E-state index in [-0.39, 0.29) is 5.91 Å². The van der Waals surface area contributed by atoms with Gasteiger partial charge in [-0.1, -0.05) is 18.3 Å². The fourth-order valence-corrected chi connectivity index (χ4v) is 2.42. The topological polar surface area (TPSA) is 68.0 Å². The van der Waals surface area contributed by atoms with Gasteiger partial charge in [-0.3, -0.25) is 4.79 Å². The zero-order valence-corrected chi connectivity index (χ0v) is 11.6. The van der Waals surface area contributed by atoms with Crippen molar-refractivity contribution >= 4 is 38.3 Å². The van der Waals surface area contributed by atoms with Crippen molar-refractivity contribution in [3.63, 3.8) is 0 Å². The van der Waals surface area contributed by atoms with Crippen molar-refractivity contribution in [1.82, 2.24) is 4.98 Å². The van der Waals surface area contributed by atoms with E-state index in [2.05, 4.69) is 33.2 Å². The van der Waals surface area contributed by atoms with Crippen LogP contribution in [0, 0.1) is 5.92 Å². The van der Waals surface area contributed by atoms with Crippen molar-refractivity contribution in [2.45, 2.75) is 26.2 Å². The van der Waals surface area contributed by atoms with E-state index in [1.807, 2.05) is 0 Å². The van der Waals surface area contributed by atoms with Crippen LogP contribution >= 0.6 is 27.3 Å². The van der Waals surface area contributed by atoms with Crippen molar-refractivity contribution in [1.29, 1.82) is 0 Å². The molecule has 1 rings (SSSR count). The van der Waals surface area contributed by atoms with Crippen LogP contribution in [0.15, 0.2) is 9.98 Å². The Labute approximate surface area is 108 Å². The van der Waals surface area contributed by atoms with Crippen LogP contribution in [0.4, 0.5) is 5.13 Å². The molecule has 0 bridgehead atoms. The molecule has 0 saturated heterocycles. The van der Waals surface area contributed by atoms with Gasteiger partial charge in [-0.2, -0.15) is 0 Å². The van der Waals surface area contributed by atoms with Crippen LogP contribution in [0.3, 0.4) is 0 Å². The molecule has 90 valence electrons. The average molecular weight is 306 g/mol. The fraction of sp³-hybridized carbons (Fsp3) is 0.600. The van der Waals surface area contributed by atoms with Gasteiger partial charge in [0, 0.05) is 6.42 Å². The second-order valence-corrected chi connectivity index (χ2v) is 6.15. The Kier molecular flexibility index (Phi) is 5.94. The molecule has 1 aromatic rings. The van der Waals surface area contributed by atoms with Gasteiger partial charge < -0.3 is 11.1 Å². The lowest BCUT2D eigenvalue weighted by molar-refractivity contribution is -0.116. The molecule has 3 N–H and O–H groups in total. The summed E-state index contributed by atoms with van der Waals surface area (Å²) >= 11 is 4.71. The SMILES string of the molecule is CC(CCN)CCC(=O)Nc1ncc(Br)s1. The summed E-state index contributed by atoms with van der Waals surface area (Å²) in [4.78, 5) is 15.6. The third-order valence-corrected chi connectivity index (χ3v) is 3.64. The van der Waals surface area contributed by atoms with Gasteiger partial charge >= 0.3 is 0 Å². The van der Waals surface area contributed by atoms with E-state index < -0.39 is 0 Å². The molecule has 4 nitrogen and oxygen atoms in total. The Morgan fingerprint density at radius 3 is 3.00 bits per heavy atom. The molecule has 1 heterocycles. The van der Waals surface area contributed by atoms with E-state index in [1.165, 1.54) is 11.3 Å². The minimum absolute atomic E-state index is 0.0192. The molecule has 1 atom stereocenters. The van der Waals surface area contributed by atoms with Crippen molar-refractivity contribution in [3.8, 4) is 0 Å².